The Morgan fingerprint density at radius 2 is 2.14 bits per heavy atom. The maximum atomic E-state index is 11.4. The highest BCUT2D eigenvalue weighted by Gasteiger charge is 2.25. The number of thioether (sulfide) groups is 1. The normalized spacial score (nSPS) is 16.1. The quantitative estimate of drug-likeness (QED) is 0.490. The fourth-order valence-corrected chi connectivity index (χ4v) is 2.41. The molecule has 1 aliphatic rings. The summed E-state index contributed by atoms with van der Waals surface area (Å²) in [6.45, 7) is 0. The van der Waals surface area contributed by atoms with Crippen molar-refractivity contribution in [1.29, 1.82) is 0 Å². The Hall–Kier alpha value is -2.68. The Labute approximate surface area is 122 Å². The number of carboxylic acid groups (broad SMARTS) is 1. The molecule has 108 valence electrons. The van der Waals surface area contributed by atoms with E-state index >= 15 is 0 Å². The van der Waals surface area contributed by atoms with E-state index in [1.165, 1.54) is 24.3 Å². The van der Waals surface area contributed by atoms with Gasteiger partial charge in [0, 0.05) is 11.6 Å². The molecule has 2 rings (SSSR count). The molecule has 2 N–H and O–H groups in total. The predicted molar refractivity (Wildman–Crippen MR) is 73.5 cm³/mol. The zero-order valence-electron chi connectivity index (χ0n) is 10.4. The summed E-state index contributed by atoms with van der Waals surface area (Å²) in [5.74, 6) is -1.75. The second-order valence-electron chi connectivity index (χ2n) is 4.07. The van der Waals surface area contributed by atoms with Gasteiger partial charge in [-0.05, 0) is 23.4 Å². The molecule has 0 spiro atoms. The summed E-state index contributed by atoms with van der Waals surface area (Å²) >= 11 is 0.695. The number of nitrogens with one attached hydrogen (secondary N) is 1. The lowest BCUT2D eigenvalue weighted by Crippen LogP contribution is -2.17. The van der Waals surface area contributed by atoms with Crippen molar-refractivity contribution in [1.82, 2.24) is 5.32 Å². The van der Waals surface area contributed by atoms with Crippen molar-refractivity contribution < 1.29 is 24.4 Å². The number of imide groups is 1. The topological polar surface area (TPSA) is 127 Å². The van der Waals surface area contributed by atoms with E-state index in [0.29, 0.717) is 17.3 Å². The van der Waals surface area contributed by atoms with Gasteiger partial charge in [-0.3, -0.25) is 29.8 Å². The summed E-state index contributed by atoms with van der Waals surface area (Å²) in [6.07, 6.45) is 0.864. The van der Waals surface area contributed by atoms with Crippen LogP contribution in [-0.2, 0) is 16.0 Å². The minimum atomic E-state index is -1.18. The molecular formula is C12H8N2O6S. The van der Waals surface area contributed by atoms with Crippen molar-refractivity contribution in [2.45, 2.75) is 6.42 Å². The predicted octanol–water partition coefficient (Wildman–Crippen LogP) is 1.55. The zero-order chi connectivity index (χ0) is 15.6. The van der Waals surface area contributed by atoms with Crippen LogP contribution >= 0.6 is 11.8 Å². The van der Waals surface area contributed by atoms with E-state index in [1.807, 2.05) is 0 Å². The Bertz CT molecular complexity index is 697. The van der Waals surface area contributed by atoms with Crippen molar-refractivity contribution in [3.8, 4) is 0 Å². The fraction of sp³-hybridized carbons (Fsp3) is 0.0833. The lowest BCUT2D eigenvalue weighted by molar-refractivity contribution is -0.385. The molecule has 8 nitrogen and oxygen atoms in total. The molecule has 0 saturated carbocycles. The SMILES string of the molecule is O=C(O)Cc1ccc(/C=C2\SC(=O)NC2=O)cc1[N+](=O)[O-]. The summed E-state index contributed by atoms with van der Waals surface area (Å²) in [5, 5.41) is 21.2. The summed E-state index contributed by atoms with van der Waals surface area (Å²) in [6, 6.07) is 3.94. The molecule has 1 aliphatic heterocycles. The molecule has 2 amide bonds. The molecule has 9 heteroatoms. The average Bonchev–Trinajstić information content (AvgIpc) is 2.68. The number of hydrogen-bond acceptors (Lipinski definition) is 6. The Morgan fingerprint density at radius 3 is 2.67 bits per heavy atom. The number of benzene rings is 1. The van der Waals surface area contributed by atoms with E-state index in [4.69, 9.17) is 5.11 Å². The fourth-order valence-electron chi connectivity index (χ4n) is 1.73. The largest absolute Gasteiger partial charge is 0.481 e. The van der Waals surface area contributed by atoms with Gasteiger partial charge in [0.25, 0.3) is 16.8 Å². The van der Waals surface area contributed by atoms with Crippen molar-refractivity contribution in [3.05, 3.63) is 44.3 Å². The summed E-state index contributed by atoms with van der Waals surface area (Å²) in [5.41, 5.74) is 0.0546. The number of nitro benzene ring substituents is 1. The third-order valence-electron chi connectivity index (χ3n) is 2.59. The van der Waals surface area contributed by atoms with Gasteiger partial charge in [-0.15, -0.1) is 0 Å². The Balaban J connectivity index is 2.38. The summed E-state index contributed by atoms with van der Waals surface area (Å²) < 4.78 is 0. The number of carbonyl (C=O) groups excluding carboxylic acids is 2. The number of carboxylic acids is 1. The minimum Gasteiger partial charge on any atom is -0.481 e. The van der Waals surface area contributed by atoms with Gasteiger partial charge in [0.1, 0.15) is 0 Å². The van der Waals surface area contributed by atoms with Crippen LogP contribution in [0.15, 0.2) is 23.1 Å². The van der Waals surface area contributed by atoms with Gasteiger partial charge < -0.3 is 5.11 Å². The number of carbonyl (C=O) groups is 3. The highest BCUT2D eigenvalue weighted by molar-refractivity contribution is 8.18. The van der Waals surface area contributed by atoms with Crippen LogP contribution in [0.4, 0.5) is 10.5 Å². The minimum absolute atomic E-state index is 0.0641. The van der Waals surface area contributed by atoms with Gasteiger partial charge in [-0.1, -0.05) is 12.1 Å². The van der Waals surface area contributed by atoms with Gasteiger partial charge in [-0.25, -0.2) is 0 Å². The molecule has 21 heavy (non-hydrogen) atoms. The number of hydrogen-bond donors (Lipinski definition) is 2. The summed E-state index contributed by atoms with van der Waals surface area (Å²) in [4.78, 5) is 43.5. The van der Waals surface area contributed by atoms with Gasteiger partial charge in [-0.2, -0.15) is 0 Å². The molecule has 1 fully saturated rings. The van der Waals surface area contributed by atoms with Gasteiger partial charge in [0.15, 0.2) is 0 Å². The molecular weight excluding hydrogens is 300 g/mol. The molecule has 0 unspecified atom stereocenters. The van der Waals surface area contributed by atoms with Gasteiger partial charge in [0.2, 0.25) is 0 Å². The third-order valence-corrected chi connectivity index (χ3v) is 3.40. The molecule has 1 saturated heterocycles. The van der Waals surface area contributed by atoms with Gasteiger partial charge in [0.05, 0.1) is 16.2 Å². The first-order chi connectivity index (χ1) is 9.86. The van der Waals surface area contributed by atoms with Crippen molar-refractivity contribution in [2.24, 2.45) is 0 Å². The highest BCUT2D eigenvalue weighted by atomic mass is 32.2. The summed E-state index contributed by atoms with van der Waals surface area (Å²) in [7, 11) is 0. The van der Waals surface area contributed by atoms with Crippen LogP contribution in [0.1, 0.15) is 11.1 Å². The molecule has 0 radical (unpaired) electrons. The molecule has 1 aromatic carbocycles. The smallest absolute Gasteiger partial charge is 0.308 e. The Morgan fingerprint density at radius 1 is 1.43 bits per heavy atom. The first-order valence-electron chi connectivity index (χ1n) is 5.61. The second-order valence-corrected chi connectivity index (χ2v) is 5.08. The molecule has 0 aliphatic carbocycles. The molecule has 1 aromatic rings. The van der Waals surface area contributed by atoms with Crippen molar-refractivity contribution in [2.75, 3.05) is 0 Å². The zero-order valence-corrected chi connectivity index (χ0v) is 11.2. The maximum absolute atomic E-state index is 11.4. The van der Waals surface area contributed by atoms with Crippen LogP contribution in [-0.4, -0.2) is 27.1 Å². The van der Waals surface area contributed by atoms with Crippen LogP contribution in [0.5, 0.6) is 0 Å². The van der Waals surface area contributed by atoms with Crippen LogP contribution in [0.2, 0.25) is 0 Å². The van der Waals surface area contributed by atoms with E-state index in [2.05, 4.69) is 5.32 Å². The van der Waals surface area contributed by atoms with E-state index in [9.17, 15) is 24.5 Å². The molecule has 0 bridgehead atoms. The monoisotopic (exact) mass is 308 g/mol. The van der Waals surface area contributed by atoms with Crippen LogP contribution in [0.25, 0.3) is 6.08 Å². The van der Waals surface area contributed by atoms with E-state index < -0.39 is 28.5 Å². The van der Waals surface area contributed by atoms with Crippen LogP contribution in [0, 0.1) is 10.1 Å². The molecule has 0 aromatic heterocycles. The van der Waals surface area contributed by atoms with Crippen LogP contribution in [0.3, 0.4) is 0 Å². The lowest BCUT2D eigenvalue weighted by atomic mass is 10.1. The van der Waals surface area contributed by atoms with Crippen LogP contribution < -0.4 is 5.32 Å². The maximum Gasteiger partial charge on any atom is 0.308 e. The Kier molecular flexibility index (Phi) is 4.03. The highest BCUT2D eigenvalue weighted by Crippen LogP contribution is 2.28. The number of nitrogens with zero attached hydrogens (tertiary/aromatic N) is 1. The molecule has 1 heterocycles. The van der Waals surface area contributed by atoms with E-state index in [-0.39, 0.29) is 16.2 Å². The number of rotatable bonds is 4. The second kappa shape index (κ2) is 5.75. The van der Waals surface area contributed by atoms with Gasteiger partial charge >= 0.3 is 5.97 Å². The first kappa shape index (κ1) is 14.7. The number of aliphatic carboxylic acids is 1. The molecule has 0 atom stereocenters. The first-order valence-corrected chi connectivity index (χ1v) is 6.42. The standard InChI is InChI=1S/C12H8N2O6S/c15-10(16)5-7-2-1-6(3-8(7)14(19)20)4-9-11(17)13-12(18)21-9/h1-4H,5H2,(H,15,16)(H,13,17,18)/b9-4-. The van der Waals surface area contributed by atoms with Crippen molar-refractivity contribution in [3.63, 3.8) is 0 Å². The van der Waals surface area contributed by atoms with Crippen molar-refractivity contribution >= 4 is 40.6 Å². The lowest BCUT2D eigenvalue weighted by Gasteiger charge is -2.02. The number of nitro groups is 1. The van der Waals surface area contributed by atoms with E-state index in [0.717, 1.165) is 0 Å². The third kappa shape index (κ3) is 3.45. The average molecular weight is 308 g/mol. The number of amides is 2. The van der Waals surface area contributed by atoms with E-state index in [1.54, 1.807) is 0 Å².